The van der Waals surface area contributed by atoms with Crippen LogP contribution in [0.5, 0.6) is 0 Å². The molecule has 0 aromatic rings. The van der Waals surface area contributed by atoms with Gasteiger partial charge in [0.05, 0.1) is 0 Å². The van der Waals surface area contributed by atoms with E-state index in [0.717, 1.165) is 24.7 Å². The van der Waals surface area contributed by atoms with E-state index in [4.69, 9.17) is 4.74 Å². The molecule has 3 aliphatic carbocycles. The molecule has 4 aliphatic rings. The zero-order valence-electron chi connectivity index (χ0n) is 23.4. The Morgan fingerprint density at radius 1 is 1.06 bits per heavy atom. The number of rotatable bonds is 7. The summed E-state index contributed by atoms with van der Waals surface area (Å²) in [6.45, 7) is 25.6. The van der Waals surface area contributed by atoms with Gasteiger partial charge in [-0.2, -0.15) is 0 Å². The van der Waals surface area contributed by atoms with Crippen molar-refractivity contribution in [3.63, 3.8) is 0 Å². The first-order chi connectivity index (χ1) is 15.8. The smallest absolute Gasteiger partial charge is 0.306 e. The molecule has 0 aromatic heterocycles. The van der Waals surface area contributed by atoms with Gasteiger partial charge in [-0.25, -0.2) is 0 Å². The first-order valence-electron chi connectivity index (χ1n) is 14.4. The number of hydrogen-bond acceptors (Lipinski definition) is 2. The third-order valence-electron chi connectivity index (χ3n) is 12.6. The van der Waals surface area contributed by atoms with Crippen LogP contribution in [0.3, 0.4) is 0 Å². The molecule has 1 heterocycles. The standard InChI is InChI=1S/C32H52O2/c1-10-29(7,22(4)5)17-13-23(6)25-14-18-31(9)26-12-11-24(21(2)3)32(20-16-28(33)34-32)27(26)15-19-30(25,31)8/h23-27H,2,4,10-20H2,1,3,5-9H3. The van der Waals surface area contributed by atoms with E-state index in [1.54, 1.807) is 0 Å². The molecule has 1 spiro atoms. The van der Waals surface area contributed by atoms with Crippen molar-refractivity contribution < 1.29 is 9.53 Å². The quantitative estimate of drug-likeness (QED) is 0.275. The van der Waals surface area contributed by atoms with Gasteiger partial charge in [0.25, 0.3) is 0 Å². The van der Waals surface area contributed by atoms with Crippen LogP contribution in [0.15, 0.2) is 24.3 Å². The first kappa shape index (κ1) is 26.0. The molecular formula is C32H52O2. The summed E-state index contributed by atoms with van der Waals surface area (Å²) in [5.74, 6) is 3.09. The van der Waals surface area contributed by atoms with Gasteiger partial charge in [0.1, 0.15) is 5.60 Å². The maximum Gasteiger partial charge on any atom is 0.306 e. The van der Waals surface area contributed by atoms with E-state index in [-0.39, 0.29) is 17.0 Å². The van der Waals surface area contributed by atoms with E-state index >= 15 is 0 Å². The van der Waals surface area contributed by atoms with Crippen LogP contribution in [0, 0.1) is 45.8 Å². The lowest BCUT2D eigenvalue weighted by Crippen LogP contribution is -2.60. The number of carbonyl (C=O) groups excluding carboxylic acids is 1. The minimum absolute atomic E-state index is 0.0276. The fraction of sp³-hybridized carbons (Fsp3) is 0.844. The molecule has 9 atom stereocenters. The second-order valence-corrected chi connectivity index (χ2v) is 13.8. The Bertz CT molecular complexity index is 842. The van der Waals surface area contributed by atoms with E-state index in [9.17, 15) is 4.79 Å². The monoisotopic (exact) mass is 468 g/mol. The lowest BCUT2D eigenvalue weighted by molar-refractivity contribution is -0.196. The summed E-state index contributed by atoms with van der Waals surface area (Å²) in [5.41, 5.74) is 3.30. The van der Waals surface area contributed by atoms with Gasteiger partial charge in [-0.15, -0.1) is 0 Å². The predicted octanol–water partition coefficient (Wildman–Crippen LogP) is 8.91. The van der Waals surface area contributed by atoms with Crippen molar-refractivity contribution in [1.82, 2.24) is 0 Å². The maximum atomic E-state index is 12.4. The normalized spacial score (nSPS) is 44.1. The van der Waals surface area contributed by atoms with E-state index in [2.05, 4.69) is 61.6 Å². The van der Waals surface area contributed by atoms with E-state index in [1.807, 2.05) is 0 Å². The van der Waals surface area contributed by atoms with Crippen LogP contribution in [0.1, 0.15) is 119 Å². The molecule has 2 heteroatoms. The van der Waals surface area contributed by atoms with E-state index < -0.39 is 0 Å². The SMILES string of the molecule is C=C(C)C1CCC2C(CCC3(C)C(C(C)CCC(C)(CC)C(=C)C)CCC23C)C12CCC(=O)O2. The largest absolute Gasteiger partial charge is 0.458 e. The molecule has 0 N–H and O–H groups in total. The second kappa shape index (κ2) is 8.81. The maximum absolute atomic E-state index is 12.4. The number of hydrogen-bond donors (Lipinski definition) is 0. The zero-order valence-corrected chi connectivity index (χ0v) is 23.4. The van der Waals surface area contributed by atoms with Gasteiger partial charge in [0, 0.05) is 18.3 Å². The molecule has 9 unspecified atom stereocenters. The molecule has 0 bridgehead atoms. The molecule has 0 aromatic carbocycles. The Labute approximate surface area is 210 Å². The Morgan fingerprint density at radius 3 is 2.29 bits per heavy atom. The molecule has 192 valence electrons. The number of carbonyl (C=O) groups is 1. The highest BCUT2D eigenvalue weighted by Crippen LogP contribution is 2.72. The Morgan fingerprint density at radius 2 is 1.74 bits per heavy atom. The molecule has 2 nitrogen and oxygen atoms in total. The lowest BCUT2D eigenvalue weighted by atomic mass is 9.43. The molecule has 4 rings (SSSR count). The molecule has 34 heavy (non-hydrogen) atoms. The van der Waals surface area contributed by atoms with Gasteiger partial charge >= 0.3 is 5.97 Å². The zero-order chi connectivity index (χ0) is 25.1. The number of fused-ring (bicyclic) bond motifs is 4. The van der Waals surface area contributed by atoms with Gasteiger partial charge in [0.2, 0.25) is 0 Å². The minimum Gasteiger partial charge on any atom is -0.458 e. The van der Waals surface area contributed by atoms with Crippen molar-refractivity contribution in [2.45, 2.75) is 125 Å². The number of allylic oxidation sites excluding steroid dienone is 1. The predicted molar refractivity (Wildman–Crippen MR) is 142 cm³/mol. The molecule has 0 amide bonds. The molecular weight excluding hydrogens is 416 g/mol. The Hall–Kier alpha value is -1.05. The van der Waals surface area contributed by atoms with Crippen molar-refractivity contribution >= 4 is 5.97 Å². The van der Waals surface area contributed by atoms with E-state index in [1.165, 1.54) is 62.5 Å². The fourth-order valence-electron chi connectivity index (χ4n) is 9.75. The average Bonchev–Trinajstić information content (AvgIpc) is 3.29. The Balaban J connectivity index is 1.58. The topological polar surface area (TPSA) is 26.3 Å². The molecule has 4 fully saturated rings. The summed E-state index contributed by atoms with van der Waals surface area (Å²) in [4.78, 5) is 12.4. The minimum atomic E-state index is -0.274. The highest BCUT2D eigenvalue weighted by Gasteiger charge is 2.68. The summed E-state index contributed by atoms with van der Waals surface area (Å²) in [7, 11) is 0. The summed E-state index contributed by atoms with van der Waals surface area (Å²) >= 11 is 0. The average molecular weight is 469 g/mol. The van der Waals surface area contributed by atoms with E-state index in [0.29, 0.717) is 35.0 Å². The third kappa shape index (κ3) is 3.67. The third-order valence-corrected chi connectivity index (χ3v) is 12.6. The lowest BCUT2D eigenvalue weighted by Gasteiger charge is -2.63. The molecule has 1 aliphatic heterocycles. The number of esters is 1. The highest BCUT2D eigenvalue weighted by molar-refractivity contribution is 5.72. The van der Waals surface area contributed by atoms with Gasteiger partial charge in [-0.05, 0) is 112 Å². The molecule has 1 saturated heterocycles. The van der Waals surface area contributed by atoms with Crippen LogP contribution in [0.2, 0.25) is 0 Å². The van der Waals surface area contributed by atoms with Gasteiger partial charge < -0.3 is 4.74 Å². The summed E-state index contributed by atoms with van der Waals surface area (Å²) in [6.07, 6.45) is 12.9. The van der Waals surface area contributed by atoms with Crippen LogP contribution in [-0.2, 0) is 9.53 Å². The fourth-order valence-corrected chi connectivity index (χ4v) is 9.75. The van der Waals surface area contributed by atoms with Gasteiger partial charge in [0.15, 0.2) is 0 Å². The van der Waals surface area contributed by atoms with Crippen molar-refractivity contribution in [3.05, 3.63) is 24.3 Å². The number of ether oxygens (including phenoxy) is 1. The van der Waals surface area contributed by atoms with Crippen molar-refractivity contribution in [3.8, 4) is 0 Å². The van der Waals surface area contributed by atoms with Crippen LogP contribution in [0.25, 0.3) is 0 Å². The van der Waals surface area contributed by atoms with Crippen LogP contribution in [0.4, 0.5) is 0 Å². The summed E-state index contributed by atoms with van der Waals surface area (Å²) in [6, 6.07) is 0. The summed E-state index contributed by atoms with van der Waals surface area (Å²) in [5, 5.41) is 0. The van der Waals surface area contributed by atoms with Gasteiger partial charge in [-0.3, -0.25) is 4.79 Å². The Kier molecular flexibility index (Phi) is 6.74. The molecule has 3 saturated carbocycles. The van der Waals surface area contributed by atoms with Crippen molar-refractivity contribution in [2.75, 3.05) is 0 Å². The van der Waals surface area contributed by atoms with Crippen LogP contribution < -0.4 is 0 Å². The van der Waals surface area contributed by atoms with Crippen LogP contribution in [-0.4, -0.2) is 11.6 Å². The van der Waals surface area contributed by atoms with Gasteiger partial charge in [-0.1, -0.05) is 58.9 Å². The first-order valence-corrected chi connectivity index (χ1v) is 14.4. The highest BCUT2D eigenvalue weighted by atomic mass is 16.6. The van der Waals surface area contributed by atoms with Crippen molar-refractivity contribution in [2.24, 2.45) is 45.8 Å². The van der Waals surface area contributed by atoms with Crippen LogP contribution >= 0.6 is 0 Å². The summed E-state index contributed by atoms with van der Waals surface area (Å²) < 4.78 is 6.34. The second-order valence-electron chi connectivity index (χ2n) is 13.8. The molecule has 0 radical (unpaired) electrons. The van der Waals surface area contributed by atoms with Crippen molar-refractivity contribution in [1.29, 1.82) is 0 Å².